The van der Waals surface area contributed by atoms with Gasteiger partial charge in [0, 0.05) is 35.2 Å². The highest BCUT2D eigenvalue weighted by Gasteiger charge is 2.25. The molecule has 0 saturated carbocycles. The van der Waals surface area contributed by atoms with E-state index in [-0.39, 0.29) is 18.0 Å². The van der Waals surface area contributed by atoms with Gasteiger partial charge in [0.2, 0.25) is 0 Å². The fourth-order valence-corrected chi connectivity index (χ4v) is 3.62. The van der Waals surface area contributed by atoms with Crippen LogP contribution in [0.1, 0.15) is 40.5 Å². The Labute approximate surface area is 169 Å². The standard InChI is InChI=1S/C22H23N5O2/c1-27-20-9-5-8-19(18(20)14-23-27)26-21(28)15-10-12-17(13-11-15)25-22(29)24-16-6-3-2-4-7-16/h2-4,6-7,10-14,19H,5,8-9H2,1H3,(H,26,28)(H2,24,25,29). The Morgan fingerprint density at radius 2 is 1.69 bits per heavy atom. The van der Waals surface area contributed by atoms with Crippen LogP contribution in [0.3, 0.4) is 0 Å². The third-order valence-electron chi connectivity index (χ3n) is 5.12. The Morgan fingerprint density at radius 3 is 2.41 bits per heavy atom. The van der Waals surface area contributed by atoms with Gasteiger partial charge in [-0.1, -0.05) is 18.2 Å². The number of amides is 3. The lowest BCUT2D eigenvalue weighted by molar-refractivity contribution is 0.0932. The topological polar surface area (TPSA) is 88.1 Å². The van der Waals surface area contributed by atoms with Gasteiger partial charge < -0.3 is 16.0 Å². The summed E-state index contributed by atoms with van der Waals surface area (Å²) < 4.78 is 1.88. The first-order valence-corrected chi connectivity index (χ1v) is 9.65. The number of carbonyl (C=O) groups excluding carboxylic acids is 2. The summed E-state index contributed by atoms with van der Waals surface area (Å²) in [5.41, 5.74) is 4.16. The Morgan fingerprint density at radius 1 is 1.00 bits per heavy atom. The van der Waals surface area contributed by atoms with Crippen LogP contribution in [0.5, 0.6) is 0 Å². The molecule has 7 nitrogen and oxygen atoms in total. The predicted octanol–water partition coefficient (Wildman–Crippen LogP) is 3.87. The zero-order chi connectivity index (χ0) is 20.2. The molecular formula is C22H23N5O2. The molecule has 0 bridgehead atoms. The van der Waals surface area contributed by atoms with Crippen LogP contribution in [0.4, 0.5) is 16.2 Å². The molecule has 1 aromatic heterocycles. The number of rotatable bonds is 4. The number of nitrogens with zero attached hydrogens (tertiary/aromatic N) is 2. The van der Waals surface area contributed by atoms with Crippen molar-refractivity contribution in [2.45, 2.75) is 25.3 Å². The lowest BCUT2D eigenvalue weighted by Gasteiger charge is -2.23. The first kappa shape index (κ1) is 18.7. The van der Waals surface area contributed by atoms with Crippen molar-refractivity contribution in [3.05, 3.63) is 77.6 Å². The number of nitrogens with one attached hydrogen (secondary N) is 3. The van der Waals surface area contributed by atoms with Crippen LogP contribution in [-0.4, -0.2) is 21.7 Å². The summed E-state index contributed by atoms with van der Waals surface area (Å²) in [4.78, 5) is 24.7. The molecule has 1 atom stereocenters. The number of para-hydroxylation sites is 1. The van der Waals surface area contributed by atoms with Crippen molar-refractivity contribution in [3.63, 3.8) is 0 Å². The van der Waals surface area contributed by atoms with E-state index < -0.39 is 0 Å². The summed E-state index contributed by atoms with van der Waals surface area (Å²) in [6.45, 7) is 0. The van der Waals surface area contributed by atoms with E-state index in [2.05, 4.69) is 21.0 Å². The third-order valence-corrected chi connectivity index (χ3v) is 5.12. The number of hydrogen-bond acceptors (Lipinski definition) is 3. The number of carbonyl (C=O) groups is 2. The average Bonchev–Trinajstić information content (AvgIpc) is 3.11. The molecule has 0 radical (unpaired) electrons. The first-order valence-electron chi connectivity index (χ1n) is 9.65. The monoisotopic (exact) mass is 389 g/mol. The molecule has 0 spiro atoms. The van der Waals surface area contributed by atoms with Crippen molar-refractivity contribution in [1.82, 2.24) is 15.1 Å². The molecule has 4 rings (SSSR count). The molecule has 1 aliphatic rings. The summed E-state index contributed by atoms with van der Waals surface area (Å²) >= 11 is 0. The third kappa shape index (κ3) is 4.29. The molecule has 3 aromatic rings. The lowest BCUT2D eigenvalue weighted by atomic mass is 9.93. The number of anilines is 2. The maximum atomic E-state index is 12.7. The van der Waals surface area contributed by atoms with E-state index in [1.807, 2.05) is 48.3 Å². The molecule has 3 N–H and O–H groups in total. The van der Waals surface area contributed by atoms with E-state index >= 15 is 0 Å². The molecule has 148 valence electrons. The average molecular weight is 389 g/mol. The molecular weight excluding hydrogens is 366 g/mol. The van der Waals surface area contributed by atoms with E-state index in [4.69, 9.17) is 0 Å². The summed E-state index contributed by atoms with van der Waals surface area (Å²) in [6.07, 6.45) is 4.77. The first-order chi connectivity index (χ1) is 14.1. The number of aryl methyl sites for hydroxylation is 1. The van der Waals surface area contributed by atoms with Gasteiger partial charge in [0.15, 0.2) is 0 Å². The lowest BCUT2D eigenvalue weighted by Crippen LogP contribution is -2.31. The van der Waals surface area contributed by atoms with Gasteiger partial charge in [0.1, 0.15) is 0 Å². The molecule has 0 saturated heterocycles. The van der Waals surface area contributed by atoms with Gasteiger partial charge in [-0.2, -0.15) is 5.10 Å². The molecule has 0 fully saturated rings. The van der Waals surface area contributed by atoms with Crippen molar-refractivity contribution < 1.29 is 9.59 Å². The van der Waals surface area contributed by atoms with E-state index in [0.29, 0.717) is 16.9 Å². The Balaban J connectivity index is 1.36. The highest BCUT2D eigenvalue weighted by Crippen LogP contribution is 2.29. The summed E-state index contributed by atoms with van der Waals surface area (Å²) in [5.74, 6) is -0.132. The van der Waals surface area contributed by atoms with Crippen molar-refractivity contribution in [3.8, 4) is 0 Å². The van der Waals surface area contributed by atoms with E-state index in [0.717, 1.165) is 24.8 Å². The smallest absolute Gasteiger partial charge is 0.323 e. The number of urea groups is 1. The van der Waals surface area contributed by atoms with Gasteiger partial charge in [-0.3, -0.25) is 9.48 Å². The van der Waals surface area contributed by atoms with Crippen molar-refractivity contribution in [2.24, 2.45) is 7.05 Å². The molecule has 1 unspecified atom stereocenters. The molecule has 3 amide bonds. The Kier molecular flexibility index (Phi) is 5.29. The van der Waals surface area contributed by atoms with Gasteiger partial charge >= 0.3 is 6.03 Å². The predicted molar refractivity (Wildman–Crippen MR) is 112 cm³/mol. The highest BCUT2D eigenvalue weighted by atomic mass is 16.2. The fourth-order valence-electron chi connectivity index (χ4n) is 3.62. The number of benzene rings is 2. The molecule has 1 heterocycles. The van der Waals surface area contributed by atoms with Crippen LogP contribution >= 0.6 is 0 Å². The molecule has 1 aliphatic carbocycles. The minimum absolute atomic E-state index is 0.0191. The van der Waals surface area contributed by atoms with Gasteiger partial charge in [0.05, 0.1) is 12.2 Å². The Hall–Kier alpha value is -3.61. The van der Waals surface area contributed by atoms with E-state index in [1.165, 1.54) is 5.69 Å². The van der Waals surface area contributed by atoms with Crippen LogP contribution in [0.2, 0.25) is 0 Å². The number of aromatic nitrogens is 2. The van der Waals surface area contributed by atoms with Crippen LogP contribution < -0.4 is 16.0 Å². The highest BCUT2D eigenvalue weighted by molar-refractivity contribution is 6.00. The summed E-state index contributed by atoms with van der Waals surface area (Å²) in [6, 6.07) is 15.7. The van der Waals surface area contributed by atoms with Gasteiger partial charge in [-0.05, 0) is 55.7 Å². The fraction of sp³-hybridized carbons (Fsp3) is 0.227. The normalized spacial score (nSPS) is 15.3. The zero-order valence-corrected chi connectivity index (χ0v) is 16.2. The molecule has 29 heavy (non-hydrogen) atoms. The second-order valence-electron chi connectivity index (χ2n) is 7.11. The van der Waals surface area contributed by atoms with Crippen LogP contribution in [0.25, 0.3) is 0 Å². The summed E-state index contributed by atoms with van der Waals surface area (Å²) in [7, 11) is 1.93. The maximum absolute atomic E-state index is 12.7. The minimum Gasteiger partial charge on any atom is -0.345 e. The second kappa shape index (κ2) is 8.18. The largest absolute Gasteiger partial charge is 0.345 e. The van der Waals surface area contributed by atoms with Crippen molar-refractivity contribution >= 4 is 23.3 Å². The van der Waals surface area contributed by atoms with Gasteiger partial charge in [-0.15, -0.1) is 0 Å². The quantitative estimate of drug-likeness (QED) is 0.633. The van der Waals surface area contributed by atoms with E-state index in [1.54, 1.807) is 24.3 Å². The molecule has 7 heteroatoms. The number of hydrogen-bond donors (Lipinski definition) is 3. The van der Waals surface area contributed by atoms with Gasteiger partial charge in [0.25, 0.3) is 5.91 Å². The van der Waals surface area contributed by atoms with Crippen LogP contribution in [0.15, 0.2) is 60.8 Å². The van der Waals surface area contributed by atoms with Crippen LogP contribution in [-0.2, 0) is 13.5 Å². The Bertz CT molecular complexity index is 1010. The van der Waals surface area contributed by atoms with Crippen molar-refractivity contribution in [2.75, 3.05) is 10.6 Å². The van der Waals surface area contributed by atoms with E-state index in [9.17, 15) is 9.59 Å². The van der Waals surface area contributed by atoms with Crippen molar-refractivity contribution in [1.29, 1.82) is 0 Å². The minimum atomic E-state index is -0.334. The molecule has 0 aliphatic heterocycles. The zero-order valence-electron chi connectivity index (χ0n) is 16.2. The van der Waals surface area contributed by atoms with Crippen LogP contribution in [0, 0.1) is 0 Å². The maximum Gasteiger partial charge on any atom is 0.323 e. The molecule has 2 aromatic carbocycles. The summed E-state index contributed by atoms with van der Waals surface area (Å²) in [5, 5.41) is 12.9. The second-order valence-corrected chi connectivity index (χ2v) is 7.11. The van der Waals surface area contributed by atoms with Gasteiger partial charge in [-0.25, -0.2) is 4.79 Å². The SMILES string of the molecule is Cn1ncc2c1CCCC2NC(=O)c1ccc(NC(=O)Nc2ccccc2)cc1. The number of fused-ring (bicyclic) bond motifs is 1.